The van der Waals surface area contributed by atoms with E-state index in [9.17, 15) is 17.2 Å². The van der Waals surface area contributed by atoms with Crippen molar-refractivity contribution in [3.05, 3.63) is 59.4 Å². The Balaban J connectivity index is 2.00. The van der Waals surface area contributed by atoms with Crippen molar-refractivity contribution in [2.45, 2.75) is 11.3 Å². The maximum Gasteiger partial charge on any atom is 0.266 e. The normalized spacial score (nSPS) is 11.3. The Morgan fingerprint density at radius 1 is 1.11 bits per heavy atom. The molecule has 0 saturated heterocycles. The molecule has 148 valence electrons. The summed E-state index contributed by atoms with van der Waals surface area (Å²) in [4.78, 5) is 2.87. The quantitative estimate of drug-likeness (QED) is 0.623. The molecule has 0 radical (unpaired) electrons. The highest BCUT2D eigenvalue weighted by molar-refractivity contribution is 7.93. The monoisotopic (exact) mass is 427 g/mol. The number of sulfonamides is 1. The van der Waals surface area contributed by atoms with Gasteiger partial charge in [0.15, 0.2) is 0 Å². The van der Waals surface area contributed by atoms with Gasteiger partial charge in [-0.1, -0.05) is 6.07 Å². The molecule has 3 aromatic rings. The fourth-order valence-electron chi connectivity index (χ4n) is 2.53. The van der Waals surface area contributed by atoms with E-state index in [0.717, 1.165) is 23.9 Å². The van der Waals surface area contributed by atoms with Crippen LogP contribution in [0.15, 0.2) is 41.6 Å². The van der Waals surface area contributed by atoms with Crippen molar-refractivity contribution in [1.82, 2.24) is 9.36 Å². The predicted octanol–water partition coefficient (Wildman–Crippen LogP) is 3.23. The van der Waals surface area contributed by atoms with Gasteiger partial charge in [-0.05, 0) is 29.3 Å². The summed E-state index contributed by atoms with van der Waals surface area (Å²) < 4.78 is 70.1. The lowest BCUT2D eigenvalue weighted by atomic mass is 10.0. The molecule has 1 heterocycles. The molecule has 0 aliphatic carbocycles. The second kappa shape index (κ2) is 8.07. The first kappa shape index (κ1) is 20.0. The average molecular weight is 427 g/mol. The lowest BCUT2D eigenvalue weighted by Gasteiger charge is -2.13. The Kier molecular flexibility index (Phi) is 5.75. The van der Waals surface area contributed by atoms with Gasteiger partial charge >= 0.3 is 0 Å². The molecule has 2 aromatic carbocycles. The van der Waals surface area contributed by atoms with E-state index in [-0.39, 0.29) is 17.1 Å². The maximum absolute atomic E-state index is 15.0. The number of aromatic nitrogens is 2. The van der Waals surface area contributed by atoms with Crippen molar-refractivity contribution >= 4 is 26.7 Å². The summed E-state index contributed by atoms with van der Waals surface area (Å²) in [7, 11) is -1.46. The van der Waals surface area contributed by atoms with Crippen molar-refractivity contribution < 1.29 is 26.7 Å². The number of methoxy groups -OCH3 is 2. The zero-order valence-corrected chi connectivity index (χ0v) is 16.4. The molecule has 0 aliphatic heterocycles. The largest absolute Gasteiger partial charge is 0.497 e. The van der Waals surface area contributed by atoms with Crippen LogP contribution < -0.4 is 14.2 Å². The minimum absolute atomic E-state index is 0.0537. The number of hydrogen-bond acceptors (Lipinski definition) is 7. The van der Waals surface area contributed by atoms with Gasteiger partial charge in [-0.15, -0.1) is 0 Å². The van der Waals surface area contributed by atoms with Crippen molar-refractivity contribution in [2.75, 3.05) is 18.9 Å². The maximum atomic E-state index is 15.0. The zero-order chi connectivity index (χ0) is 20.3. The summed E-state index contributed by atoms with van der Waals surface area (Å²) >= 11 is 0.774. The lowest BCUT2D eigenvalue weighted by Crippen LogP contribution is -2.16. The number of anilines is 1. The number of ether oxygens (including phenoxy) is 2. The van der Waals surface area contributed by atoms with Gasteiger partial charge in [0.1, 0.15) is 34.4 Å². The van der Waals surface area contributed by atoms with Gasteiger partial charge in [0.05, 0.1) is 14.2 Å². The Labute approximate surface area is 164 Å². The number of hydrogen-bond donors (Lipinski definition) is 1. The molecule has 0 fully saturated rings. The number of halogens is 2. The summed E-state index contributed by atoms with van der Waals surface area (Å²) in [5.74, 6) is -1.01. The third-order valence-corrected chi connectivity index (χ3v) is 5.87. The number of nitrogens with one attached hydrogen (secondary N) is 1. The van der Waals surface area contributed by atoms with Gasteiger partial charge in [-0.2, -0.15) is 4.37 Å². The van der Waals surface area contributed by atoms with Crippen molar-refractivity contribution in [3.63, 3.8) is 0 Å². The van der Waals surface area contributed by atoms with Gasteiger partial charge in [-0.25, -0.2) is 22.2 Å². The number of nitrogens with zero attached hydrogens (tertiary/aromatic N) is 2. The van der Waals surface area contributed by atoms with Gasteiger partial charge in [0, 0.05) is 24.0 Å². The van der Waals surface area contributed by atoms with Crippen LogP contribution in [0, 0.1) is 11.6 Å². The van der Waals surface area contributed by atoms with Crippen LogP contribution in [-0.4, -0.2) is 32.0 Å². The smallest absolute Gasteiger partial charge is 0.266 e. The third kappa shape index (κ3) is 4.20. The van der Waals surface area contributed by atoms with Crippen molar-refractivity contribution in [2.24, 2.45) is 0 Å². The molecule has 0 bridgehead atoms. The van der Waals surface area contributed by atoms with E-state index in [4.69, 9.17) is 9.47 Å². The highest BCUT2D eigenvalue weighted by Gasteiger charge is 2.24. The molecule has 0 aliphatic rings. The Morgan fingerprint density at radius 3 is 2.54 bits per heavy atom. The van der Waals surface area contributed by atoms with Crippen LogP contribution in [0.3, 0.4) is 0 Å². The fraction of sp³-hybridized carbons (Fsp3) is 0.176. The number of benzene rings is 2. The van der Waals surface area contributed by atoms with Crippen LogP contribution in [0.1, 0.15) is 11.1 Å². The first-order chi connectivity index (χ1) is 13.3. The minimum atomic E-state index is -4.39. The number of rotatable bonds is 7. The topological polar surface area (TPSA) is 90.4 Å². The van der Waals surface area contributed by atoms with Gasteiger partial charge in [-0.3, -0.25) is 4.72 Å². The Hall–Kier alpha value is -2.79. The van der Waals surface area contributed by atoms with E-state index >= 15 is 0 Å². The molecule has 3 rings (SSSR count). The SMILES string of the molecule is COc1ccc(Cc2cc(F)cc(S(=O)(=O)Nc3ncns3)c2F)c(OC)c1. The Bertz CT molecular complexity index is 1090. The molecule has 7 nitrogen and oxygen atoms in total. The van der Waals surface area contributed by atoms with E-state index in [1.54, 1.807) is 18.2 Å². The molecule has 0 atom stereocenters. The van der Waals surface area contributed by atoms with Crippen LogP contribution in [-0.2, 0) is 16.4 Å². The summed E-state index contributed by atoms with van der Waals surface area (Å²) in [6.07, 6.45) is 1.06. The first-order valence-electron chi connectivity index (χ1n) is 7.82. The molecule has 0 unspecified atom stereocenters. The van der Waals surface area contributed by atoms with Gasteiger partial charge in [0.25, 0.3) is 10.0 Å². The van der Waals surface area contributed by atoms with Gasteiger partial charge < -0.3 is 9.47 Å². The van der Waals surface area contributed by atoms with Crippen LogP contribution in [0.5, 0.6) is 11.5 Å². The highest BCUT2D eigenvalue weighted by atomic mass is 32.2. The van der Waals surface area contributed by atoms with Crippen LogP contribution in [0.2, 0.25) is 0 Å². The molecule has 28 heavy (non-hydrogen) atoms. The minimum Gasteiger partial charge on any atom is -0.497 e. The van der Waals surface area contributed by atoms with Crippen LogP contribution in [0.4, 0.5) is 13.9 Å². The summed E-state index contributed by atoms with van der Waals surface area (Å²) in [6, 6.07) is 6.44. The zero-order valence-electron chi connectivity index (χ0n) is 14.8. The Morgan fingerprint density at radius 2 is 1.89 bits per heavy atom. The van der Waals surface area contributed by atoms with Crippen LogP contribution >= 0.6 is 11.5 Å². The predicted molar refractivity (Wildman–Crippen MR) is 99.4 cm³/mol. The van der Waals surface area contributed by atoms with Crippen molar-refractivity contribution in [1.29, 1.82) is 0 Å². The molecule has 0 spiro atoms. The van der Waals surface area contributed by atoms with E-state index in [1.807, 2.05) is 0 Å². The van der Waals surface area contributed by atoms with E-state index in [0.29, 0.717) is 23.1 Å². The van der Waals surface area contributed by atoms with Crippen LogP contribution in [0.25, 0.3) is 0 Å². The van der Waals surface area contributed by atoms with E-state index in [1.165, 1.54) is 14.2 Å². The molecule has 0 amide bonds. The molecule has 0 saturated carbocycles. The lowest BCUT2D eigenvalue weighted by molar-refractivity contribution is 0.391. The molecule has 1 aromatic heterocycles. The fourth-order valence-corrected chi connectivity index (χ4v) is 4.33. The summed E-state index contributed by atoms with van der Waals surface area (Å²) in [5.41, 5.74) is 0.398. The van der Waals surface area contributed by atoms with Crippen molar-refractivity contribution in [3.8, 4) is 11.5 Å². The first-order valence-corrected chi connectivity index (χ1v) is 10.1. The molecular formula is C17H15F2N3O4S2. The van der Waals surface area contributed by atoms with E-state index in [2.05, 4.69) is 14.1 Å². The second-order valence-electron chi connectivity index (χ2n) is 5.58. The van der Waals surface area contributed by atoms with E-state index < -0.39 is 26.6 Å². The molecular weight excluding hydrogens is 412 g/mol. The standard InChI is InChI=1S/C17H15F2N3O4S2/c1-25-13-4-3-10(14(8-13)26-2)5-11-6-12(18)7-15(16(11)19)28(23,24)22-17-20-9-21-27-17/h3-4,6-9H,5H2,1-2H3,(H,20,21,22). The molecule has 1 N–H and O–H groups in total. The second-order valence-corrected chi connectivity index (χ2v) is 8.01. The van der Waals surface area contributed by atoms with Gasteiger partial charge in [0.2, 0.25) is 5.13 Å². The third-order valence-electron chi connectivity index (χ3n) is 3.83. The highest BCUT2D eigenvalue weighted by Crippen LogP contribution is 2.30. The average Bonchev–Trinajstić information content (AvgIpc) is 3.16. The molecule has 11 heteroatoms. The summed E-state index contributed by atoms with van der Waals surface area (Å²) in [6.45, 7) is 0. The summed E-state index contributed by atoms with van der Waals surface area (Å²) in [5, 5.41) is -0.0537.